The van der Waals surface area contributed by atoms with Gasteiger partial charge >= 0.3 is 0 Å². The van der Waals surface area contributed by atoms with E-state index in [-0.39, 0.29) is 4.75 Å². The fraction of sp³-hybridized carbons (Fsp3) is 0.857. The first-order valence-electron chi connectivity index (χ1n) is 6.93. The van der Waals surface area contributed by atoms with Crippen molar-refractivity contribution in [2.75, 3.05) is 7.05 Å². The van der Waals surface area contributed by atoms with Gasteiger partial charge in [0.15, 0.2) is 5.82 Å². The molecule has 0 radical (unpaired) electrons. The van der Waals surface area contributed by atoms with Crippen LogP contribution in [0, 0.1) is 5.92 Å². The summed E-state index contributed by atoms with van der Waals surface area (Å²) in [5, 5.41) is 7.37. The molecule has 1 atom stereocenters. The molecular formula is C14H27N3OS. The zero-order valence-electron chi connectivity index (χ0n) is 13.0. The normalized spacial score (nSPS) is 14.1. The van der Waals surface area contributed by atoms with Gasteiger partial charge in [0.25, 0.3) is 0 Å². The van der Waals surface area contributed by atoms with Crippen LogP contribution in [0.2, 0.25) is 0 Å². The molecule has 0 spiro atoms. The molecule has 1 aromatic rings. The summed E-state index contributed by atoms with van der Waals surface area (Å²) >= 11 is 1.83. The lowest BCUT2D eigenvalue weighted by Gasteiger charge is -2.16. The van der Waals surface area contributed by atoms with Crippen LogP contribution in [0.25, 0.3) is 0 Å². The molecule has 1 N–H and O–H groups in total. The van der Waals surface area contributed by atoms with Crippen LogP contribution < -0.4 is 5.32 Å². The van der Waals surface area contributed by atoms with Gasteiger partial charge in [0.2, 0.25) is 5.89 Å². The Hall–Kier alpha value is -0.550. The third-order valence-electron chi connectivity index (χ3n) is 2.73. The topological polar surface area (TPSA) is 51.0 Å². The molecule has 1 unspecified atom stereocenters. The third-order valence-corrected chi connectivity index (χ3v) is 4.00. The molecule has 1 heterocycles. The van der Waals surface area contributed by atoms with Gasteiger partial charge in [-0.1, -0.05) is 39.8 Å². The largest absolute Gasteiger partial charge is 0.339 e. The van der Waals surface area contributed by atoms with Gasteiger partial charge in [-0.25, -0.2) is 0 Å². The summed E-state index contributed by atoms with van der Waals surface area (Å²) in [7, 11) is 1.99. The van der Waals surface area contributed by atoms with Crippen LogP contribution in [-0.2, 0) is 12.2 Å². The van der Waals surface area contributed by atoms with E-state index in [0.29, 0.717) is 12.0 Å². The van der Waals surface area contributed by atoms with Crippen molar-refractivity contribution in [2.24, 2.45) is 5.92 Å². The van der Waals surface area contributed by atoms with E-state index in [1.54, 1.807) is 0 Å². The number of rotatable bonds is 7. The first-order valence-corrected chi connectivity index (χ1v) is 7.91. The van der Waals surface area contributed by atoms with Crippen LogP contribution in [0.5, 0.6) is 0 Å². The summed E-state index contributed by atoms with van der Waals surface area (Å²) in [4.78, 5) is 4.47. The maximum Gasteiger partial charge on any atom is 0.228 e. The van der Waals surface area contributed by atoms with Gasteiger partial charge in [-0.2, -0.15) is 4.98 Å². The highest BCUT2D eigenvalue weighted by Gasteiger charge is 2.16. The zero-order chi connectivity index (χ0) is 14.5. The molecule has 4 nitrogen and oxygen atoms in total. The van der Waals surface area contributed by atoms with Crippen LogP contribution in [0.15, 0.2) is 4.52 Å². The first-order chi connectivity index (χ1) is 8.80. The lowest BCUT2D eigenvalue weighted by Crippen LogP contribution is -2.29. The predicted octanol–water partition coefficient (Wildman–Crippen LogP) is 3.28. The second-order valence-corrected chi connectivity index (χ2v) is 8.13. The Bertz CT molecular complexity index is 371. The van der Waals surface area contributed by atoms with E-state index in [1.165, 1.54) is 0 Å². The smallest absolute Gasteiger partial charge is 0.228 e. The predicted molar refractivity (Wildman–Crippen MR) is 81.4 cm³/mol. The van der Waals surface area contributed by atoms with Crippen molar-refractivity contribution in [1.29, 1.82) is 0 Å². The Morgan fingerprint density at radius 1 is 1.32 bits per heavy atom. The van der Waals surface area contributed by atoms with E-state index in [0.717, 1.165) is 30.3 Å². The molecule has 110 valence electrons. The maximum atomic E-state index is 5.33. The number of aromatic nitrogens is 2. The van der Waals surface area contributed by atoms with E-state index in [4.69, 9.17) is 4.52 Å². The summed E-state index contributed by atoms with van der Waals surface area (Å²) in [5.74, 6) is 3.01. The minimum Gasteiger partial charge on any atom is -0.339 e. The van der Waals surface area contributed by atoms with E-state index < -0.39 is 0 Å². The summed E-state index contributed by atoms with van der Waals surface area (Å²) in [6.07, 6.45) is 1.92. The highest BCUT2D eigenvalue weighted by molar-refractivity contribution is 7.99. The average molecular weight is 285 g/mol. The number of thioether (sulfide) groups is 1. The van der Waals surface area contributed by atoms with E-state index in [1.807, 2.05) is 18.8 Å². The van der Waals surface area contributed by atoms with Crippen LogP contribution in [0.3, 0.4) is 0 Å². The SMILES string of the molecule is CNC(Cc1nc(CSC(C)(C)C)no1)CC(C)C. The van der Waals surface area contributed by atoms with Crippen molar-refractivity contribution in [3.05, 3.63) is 11.7 Å². The highest BCUT2D eigenvalue weighted by Crippen LogP contribution is 2.26. The molecule has 19 heavy (non-hydrogen) atoms. The van der Waals surface area contributed by atoms with Gasteiger partial charge in [-0.05, 0) is 19.4 Å². The van der Waals surface area contributed by atoms with Crippen molar-refractivity contribution in [1.82, 2.24) is 15.5 Å². The molecule has 0 saturated heterocycles. The molecule has 0 aliphatic rings. The minimum absolute atomic E-state index is 0.228. The van der Waals surface area contributed by atoms with Crippen LogP contribution >= 0.6 is 11.8 Å². The lowest BCUT2D eigenvalue weighted by atomic mass is 10.0. The molecule has 1 rings (SSSR count). The monoisotopic (exact) mass is 285 g/mol. The van der Waals surface area contributed by atoms with Gasteiger partial charge in [0.1, 0.15) is 0 Å². The van der Waals surface area contributed by atoms with Gasteiger partial charge in [-0.3, -0.25) is 0 Å². The average Bonchev–Trinajstić information content (AvgIpc) is 2.72. The molecule has 0 aliphatic heterocycles. The van der Waals surface area contributed by atoms with Crippen molar-refractivity contribution in [2.45, 2.75) is 64.0 Å². The first kappa shape index (κ1) is 16.5. The number of nitrogens with one attached hydrogen (secondary N) is 1. The van der Waals surface area contributed by atoms with E-state index in [9.17, 15) is 0 Å². The molecular weight excluding hydrogens is 258 g/mol. The highest BCUT2D eigenvalue weighted by atomic mass is 32.2. The summed E-state index contributed by atoms with van der Waals surface area (Å²) < 4.78 is 5.56. The Morgan fingerprint density at radius 2 is 2.00 bits per heavy atom. The molecule has 0 amide bonds. The molecule has 0 bridgehead atoms. The Balaban J connectivity index is 2.49. The van der Waals surface area contributed by atoms with Crippen molar-refractivity contribution >= 4 is 11.8 Å². The molecule has 1 aromatic heterocycles. The van der Waals surface area contributed by atoms with E-state index in [2.05, 4.69) is 50.1 Å². The van der Waals surface area contributed by atoms with Gasteiger partial charge in [-0.15, -0.1) is 11.8 Å². The molecule has 0 fully saturated rings. The van der Waals surface area contributed by atoms with Crippen LogP contribution in [0.4, 0.5) is 0 Å². The summed E-state index contributed by atoms with van der Waals surface area (Å²) in [6.45, 7) is 11.0. The van der Waals surface area contributed by atoms with Gasteiger partial charge < -0.3 is 9.84 Å². The molecule has 0 saturated carbocycles. The van der Waals surface area contributed by atoms with Crippen molar-refractivity contribution in [3.8, 4) is 0 Å². The molecule has 5 heteroatoms. The minimum atomic E-state index is 0.228. The summed E-state index contributed by atoms with van der Waals surface area (Å²) in [6, 6.07) is 0.406. The third kappa shape index (κ3) is 6.97. The summed E-state index contributed by atoms with van der Waals surface area (Å²) in [5.41, 5.74) is 0. The Morgan fingerprint density at radius 3 is 2.53 bits per heavy atom. The fourth-order valence-electron chi connectivity index (χ4n) is 1.80. The fourth-order valence-corrected chi connectivity index (χ4v) is 2.48. The molecule has 0 aromatic carbocycles. The zero-order valence-corrected chi connectivity index (χ0v) is 13.8. The number of hydrogen-bond donors (Lipinski definition) is 1. The number of nitrogens with zero attached hydrogens (tertiary/aromatic N) is 2. The molecule has 0 aliphatic carbocycles. The Labute approximate surface area is 121 Å². The Kier molecular flexibility index (Phi) is 6.33. The second kappa shape index (κ2) is 7.29. The number of likely N-dealkylation sites (N-methyl/N-ethyl adjacent to an activating group) is 1. The lowest BCUT2D eigenvalue weighted by molar-refractivity contribution is 0.343. The van der Waals surface area contributed by atoms with Crippen LogP contribution in [0.1, 0.15) is 52.8 Å². The number of hydrogen-bond acceptors (Lipinski definition) is 5. The van der Waals surface area contributed by atoms with E-state index >= 15 is 0 Å². The van der Waals surface area contributed by atoms with Crippen molar-refractivity contribution < 1.29 is 4.52 Å². The van der Waals surface area contributed by atoms with Gasteiger partial charge in [0, 0.05) is 17.2 Å². The van der Waals surface area contributed by atoms with Crippen LogP contribution in [-0.4, -0.2) is 28.0 Å². The standard InChI is InChI=1S/C14H27N3OS/c1-10(2)7-11(15-6)8-13-16-12(17-18-13)9-19-14(3,4)5/h10-11,15H,7-9H2,1-6H3. The van der Waals surface area contributed by atoms with Crippen molar-refractivity contribution in [3.63, 3.8) is 0 Å². The second-order valence-electron chi connectivity index (χ2n) is 6.32. The van der Waals surface area contributed by atoms with Gasteiger partial charge in [0.05, 0.1) is 5.75 Å². The maximum absolute atomic E-state index is 5.33. The quantitative estimate of drug-likeness (QED) is 0.833.